The van der Waals surface area contributed by atoms with Crippen molar-refractivity contribution in [2.24, 2.45) is 0 Å². The third kappa shape index (κ3) is 4.02. The Morgan fingerprint density at radius 3 is 2.87 bits per heavy atom. The van der Waals surface area contributed by atoms with Crippen LogP contribution >= 0.6 is 0 Å². The molecule has 0 radical (unpaired) electrons. The summed E-state index contributed by atoms with van der Waals surface area (Å²) in [5.41, 5.74) is 0. The van der Waals surface area contributed by atoms with Crippen LogP contribution in [0.25, 0.3) is 10.8 Å². The lowest BCUT2D eigenvalue weighted by atomic mass is 10.1. The molecule has 4 nitrogen and oxygen atoms in total. The number of fused-ring (bicyclic) bond motifs is 1. The van der Waals surface area contributed by atoms with Crippen molar-refractivity contribution in [1.82, 2.24) is 4.90 Å². The van der Waals surface area contributed by atoms with Crippen molar-refractivity contribution in [2.45, 2.75) is 32.1 Å². The zero-order valence-corrected chi connectivity index (χ0v) is 13.8. The van der Waals surface area contributed by atoms with Crippen molar-refractivity contribution >= 4 is 10.8 Å². The van der Waals surface area contributed by atoms with E-state index in [1.807, 2.05) is 30.3 Å². The van der Waals surface area contributed by atoms with Crippen LogP contribution in [0.4, 0.5) is 0 Å². The van der Waals surface area contributed by atoms with E-state index in [9.17, 15) is 5.11 Å². The van der Waals surface area contributed by atoms with E-state index < -0.39 is 6.10 Å². The Kier molecular flexibility index (Phi) is 5.16. The molecule has 1 N–H and O–H groups in total. The summed E-state index contributed by atoms with van der Waals surface area (Å²) in [4.78, 5) is 2.27. The highest BCUT2D eigenvalue weighted by Gasteiger charge is 2.25. The van der Waals surface area contributed by atoms with Crippen molar-refractivity contribution in [3.05, 3.63) is 42.5 Å². The fourth-order valence-corrected chi connectivity index (χ4v) is 3.06. The van der Waals surface area contributed by atoms with Gasteiger partial charge < -0.3 is 14.6 Å². The minimum Gasteiger partial charge on any atom is -0.490 e. The Labute approximate surface area is 137 Å². The first-order chi connectivity index (χ1) is 11.1. The summed E-state index contributed by atoms with van der Waals surface area (Å²) >= 11 is 0. The molecule has 0 unspecified atom stereocenters. The fraction of sp³-hybridized carbons (Fsp3) is 0.474. The van der Waals surface area contributed by atoms with Gasteiger partial charge in [0.05, 0.1) is 12.7 Å². The molecule has 3 rings (SSSR count). The number of hydrogen-bond donors (Lipinski definition) is 1. The minimum atomic E-state index is -0.512. The van der Waals surface area contributed by atoms with E-state index >= 15 is 0 Å². The van der Waals surface area contributed by atoms with Gasteiger partial charge in [-0.05, 0) is 25.3 Å². The minimum absolute atomic E-state index is 0.220. The number of nitrogens with zero attached hydrogens (tertiary/aromatic N) is 1. The monoisotopic (exact) mass is 315 g/mol. The fourth-order valence-electron chi connectivity index (χ4n) is 3.06. The zero-order valence-electron chi connectivity index (χ0n) is 13.8. The molecular formula is C19H25NO3. The van der Waals surface area contributed by atoms with Crippen LogP contribution in [0.3, 0.4) is 0 Å². The van der Waals surface area contributed by atoms with Gasteiger partial charge in [-0.25, -0.2) is 0 Å². The second kappa shape index (κ2) is 7.30. The molecule has 0 saturated carbocycles. The number of ether oxygens (including phenoxy) is 2. The van der Waals surface area contributed by atoms with Gasteiger partial charge in [0.15, 0.2) is 0 Å². The topological polar surface area (TPSA) is 41.9 Å². The summed E-state index contributed by atoms with van der Waals surface area (Å²) in [6, 6.07) is 14.5. The average molecular weight is 315 g/mol. The van der Waals surface area contributed by atoms with Crippen molar-refractivity contribution in [3.8, 4) is 5.75 Å². The van der Waals surface area contributed by atoms with E-state index in [1.165, 1.54) is 0 Å². The van der Waals surface area contributed by atoms with Gasteiger partial charge in [0.2, 0.25) is 0 Å². The molecule has 4 heteroatoms. The summed E-state index contributed by atoms with van der Waals surface area (Å²) in [7, 11) is 0. The Bertz CT molecular complexity index is 640. The molecule has 2 aromatic carbocycles. The van der Waals surface area contributed by atoms with Gasteiger partial charge >= 0.3 is 0 Å². The smallest absolute Gasteiger partial charge is 0.127 e. The lowest BCUT2D eigenvalue weighted by Gasteiger charge is -2.37. The van der Waals surface area contributed by atoms with Gasteiger partial charge in [-0.2, -0.15) is 0 Å². The summed E-state index contributed by atoms with van der Waals surface area (Å²) in [5, 5.41) is 12.6. The predicted molar refractivity (Wildman–Crippen MR) is 91.9 cm³/mol. The van der Waals surface area contributed by atoms with E-state index in [4.69, 9.17) is 9.47 Å². The highest BCUT2D eigenvalue weighted by molar-refractivity contribution is 5.88. The van der Waals surface area contributed by atoms with Crippen LogP contribution in [0.2, 0.25) is 0 Å². The molecular weight excluding hydrogens is 290 g/mol. The Morgan fingerprint density at radius 1 is 1.22 bits per heavy atom. The van der Waals surface area contributed by atoms with E-state index in [2.05, 4.69) is 30.9 Å². The number of rotatable bonds is 5. The number of aliphatic hydroxyl groups is 1. The Morgan fingerprint density at radius 2 is 2.00 bits per heavy atom. The van der Waals surface area contributed by atoms with Crippen LogP contribution in [0.15, 0.2) is 42.5 Å². The lowest BCUT2D eigenvalue weighted by molar-refractivity contribution is -0.0650. The van der Waals surface area contributed by atoms with Crippen LogP contribution in [0.5, 0.6) is 5.75 Å². The molecule has 23 heavy (non-hydrogen) atoms. The highest BCUT2D eigenvalue weighted by atomic mass is 16.5. The third-order valence-corrected chi connectivity index (χ3v) is 4.36. The summed E-state index contributed by atoms with van der Waals surface area (Å²) < 4.78 is 11.5. The van der Waals surface area contributed by atoms with Crippen LogP contribution in [-0.4, -0.2) is 54.6 Å². The van der Waals surface area contributed by atoms with Crippen LogP contribution in [-0.2, 0) is 4.74 Å². The van der Waals surface area contributed by atoms with Crippen LogP contribution in [0.1, 0.15) is 13.8 Å². The SMILES string of the molecule is C[C@@H]1CN(C[C@@H](O)COc2cccc3ccccc23)[C@H](C)CO1. The molecule has 0 amide bonds. The standard InChI is InChI=1S/C19H25NO3/c1-14-12-22-15(2)10-20(14)11-17(21)13-23-19-9-5-7-16-6-3-4-8-18(16)19/h3-9,14-15,17,21H,10-13H2,1-2H3/t14-,15-,17-/m1/s1. The molecule has 0 spiro atoms. The summed E-state index contributed by atoms with van der Waals surface area (Å²) in [5.74, 6) is 0.825. The third-order valence-electron chi connectivity index (χ3n) is 4.36. The van der Waals surface area contributed by atoms with Gasteiger partial charge in [-0.15, -0.1) is 0 Å². The summed E-state index contributed by atoms with van der Waals surface area (Å²) in [6.45, 7) is 6.68. The van der Waals surface area contributed by atoms with Crippen LogP contribution in [0, 0.1) is 0 Å². The highest BCUT2D eigenvalue weighted by Crippen LogP contribution is 2.25. The average Bonchev–Trinajstić information content (AvgIpc) is 2.56. The molecule has 1 fully saturated rings. The first-order valence-electron chi connectivity index (χ1n) is 8.28. The van der Waals surface area contributed by atoms with Gasteiger partial charge in [0.1, 0.15) is 18.5 Å². The molecule has 1 aliphatic heterocycles. The lowest BCUT2D eigenvalue weighted by Crippen LogP contribution is -2.50. The number of morpholine rings is 1. The van der Waals surface area contributed by atoms with Crippen molar-refractivity contribution in [3.63, 3.8) is 0 Å². The summed E-state index contributed by atoms with van der Waals surface area (Å²) in [6.07, 6.45) is -0.292. The molecule has 1 saturated heterocycles. The first kappa shape index (κ1) is 16.2. The van der Waals surface area contributed by atoms with Gasteiger partial charge in [-0.1, -0.05) is 36.4 Å². The largest absolute Gasteiger partial charge is 0.490 e. The van der Waals surface area contributed by atoms with Gasteiger partial charge in [-0.3, -0.25) is 4.90 Å². The predicted octanol–water partition coefficient (Wildman–Crippen LogP) is 2.69. The number of hydrogen-bond acceptors (Lipinski definition) is 4. The second-order valence-electron chi connectivity index (χ2n) is 6.39. The zero-order chi connectivity index (χ0) is 16.2. The molecule has 0 aliphatic carbocycles. The number of benzene rings is 2. The maximum atomic E-state index is 10.3. The molecule has 3 atom stereocenters. The van der Waals surface area contributed by atoms with Gasteiger partial charge in [0, 0.05) is 24.5 Å². The second-order valence-corrected chi connectivity index (χ2v) is 6.39. The van der Waals surface area contributed by atoms with Crippen molar-refractivity contribution in [1.29, 1.82) is 0 Å². The van der Waals surface area contributed by atoms with Crippen molar-refractivity contribution < 1.29 is 14.6 Å². The molecule has 0 aromatic heterocycles. The normalized spacial score (nSPS) is 23.8. The number of aliphatic hydroxyl groups excluding tert-OH is 1. The van der Waals surface area contributed by atoms with Crippen molar-refractivity contribution in [2.75, 3.05) is 26.3 Å². The molecule has 1 heterocycles. The molecule has 1 aliphatic rings. The van der Waals surface area contributed by atoms with Crippen LogP contribution < -0.4 is 4.74 Å². The van der Waals surface area contributed by atoms with E-state index in [1.54, 1.807) is 0 Å². The Balaban J connectivity index is 1.59. The molecule has 124 valence electrons. The van der Waals surface area contributed by atoms with E-state index in [0.29, 0.717) is 19.2 Å². The molecule has 2 aromatic rings. The Hall–Kier alpha value is -1.62. The van der Waals surface area contributed by atoms with E-state index in [0.717, 1.165) is 29.7 Å². The quantitative estimate of drug-likeness (QED) is 0.921. The van der Waals surface area contributed by atoms with E-state index in [-0.39, 0.29) is 6.10 Å². The first-order valence-corrected chi connectivity index (χ1v) is 8.28. The molecule has 0 bridgehead atoms. The van der Waals surface area contributed by atoms with Gasteiger partial charge in [0.25, 0.3) is 0 Å². The number of β-amino-alcohol motifs (C(OH)–C–C–N with tert-alkyl or cyclic N) is 1. The maximum Gasteiger partial charge on any atom is 0.127 e. The maximum absolute atomic E-state index is 10.3.